The van der Waals surface area contributed by atoms with Gasteiger partial charge in [0, 0.05) is 31.5 Å². The van der Waals surface area contributed by atoms with Crippen molar-refractivity contribution in [2.45, 2.75) is 31.4 Å². The molecule has 1 fully saturated rings. The first kappa shape index (κ1) is 17.1. The van der Waals surface area contributed by atoms with E-state index >= 15 is 0 Å². The van der Waals surface area contributed by atoms with Crippen LogP contribution in [-0.2, 0) is 28.2 Å². The molecule has 2 aromatic rings. The molecule has 0 saturated carbocycles. The Balaban J connectivity index is 1.56. The summed E-state index contributed by atoms with van der Waals surface area (Å²) in [5.74, 6) is 0.103. The maximum atomic E-state index is 12.4. The predicted octanol–water partition coefficient (Wildman–Crippen LogP) is 1.80. The van der Waals surface area contributed by atoms with Crippen LogP contribution in [-0.4, -0.2) is 36.6 Å². The van der Waals surface area contributed by atoms with Crippen LogP contribution in [0.15, 0.2) is 42.7 Å². The zero-order valence-corrected chi connectivity index (χ0v) is 14.6. The fourth-order valence-corrected chi connectivity index (χ4v) is 4.30. The van der Waals surface area contributed by atoms with Crippen molar-refractivity contribution in [2.75, 3.05) is 12.4 Å². The number of hydrogen-bond acceptors (Lipinski definition) is 4. The first-order chi connectivity index (χ1) is 11.5. The normalized spacial score (nSPS) is 21.7. The summed E-state index contributed by atoms with van der Waals surface area (Å²) in [7, 11) is -1.45. The molecule has 1 aliphatic rings. The minimum absolute atomic E-state index is 0.0928. The highest BCUT2D eigenvalue weighted by Gasteiger charge is 2.27. The Labute approximate surface area is 142 Å². The van der Waals surface area contributed by atoms with Gasteiger partial charge in [-0.05, 0) is 24.8 Å². The second-order valence-electron chi connectivity index (χ2n) is 6.20. The smallest absolute Gasteiger partial charge is 0.212 e. The van der Waals surface area contributed by atoms with Crippen LogP contribution in [0.5, 0.6) is 0 Å². The Morgan fingerprint density at radius 2 is 2.12 bits per heavy atom. The van der Waals surface area contributed by atoms with Crippen LogP contribution in [0.3, 0.4) is 0 Å². The highest BCUT2D eigenvalue weighted by molar-refractivity contribution is 7.89. The molecule has 1 aromatic carbocycles. The quantitative estimate of drug-likeness (QED) is 0.863. The van der Waals surface area contributed by atoms with Crippen molar-refractivity contribution in [3.05, 3.63) is 53.9 Å². The molecular weight excluding hydrogens is 326 g/mol. The van der Waals surface area contributed by atoms with Gasteiger partial charge >= 0.3 is 0 Å². The molecule has 130 valence electrons. The van der Waals surface area contributed by atoms with E-state index in [1.807, 2.05) is 43.6 Å². The molecule has 1 N–H and O–H groups in total. The monoisotopic (exact) mass is 349 g/mol. The van der Waals surface area contributed by atoms with Crippen LogP contribution in [0.4, 0.5) is 0 Å². The summed E-state index contributed by atoms with van der Waals surface area (Å²) < 4.78 is 35.0. The molecule has 3 rings (SSSR count). The third kappa shape index (κ3) is 4.66. The van der Waals surface area contributed by atoms with Gasteiger partial charge in [0.15, 0.2) is 0 Å². The van der Waals surface area contributed by atoms with Crippen molar-refractivity contribution < 1.29 is 13.2 Å². The Bertz CT molecular complexity index is 758. The molecule has 1 aliphatic heterocycles. The van der Waals surface area contributed by atoms with Crippen LogP contribution in [0.2, 0.25) is 0 Å². The molecule has 0 unspecified atom stereocenters. The number of nitrogens with zero attached hydrogens (tertiary/aromatic N) is 2. The maximum Gasteiger partial charge on any atom is 0.212 e. The maximum absolute atomic E-state index is 12.4. The molecule has 1 saturated heterocycles. The van der Waals surface area contributed by atoms with Crippen LogP contribution < -0.4 is 4.72 Å². The summed E-state index contributed by atoms with van der Waals surface area (Å²) >= 11 is 0. The second kappa shape index (κ2) is 7.46. The number of hydrogen-bond donors (Lipinski definition) is 1. The Kier molecular flexibility index (Phi) is 5.33. The third-order valence-electron chi connectivity index (χ3n) is 4.23. The summed E-state index contributed by atoms with van der Waals surface area (Å²) in [6, 6.07) is 9.57. The van der Waals surface area contributed by atoms with Gasteiger partial charge in [0.05, 0.1) is 18.1 Å². The molecular formula is C17H23N3O3S. The third-order valence-corrected chi connectivity index (χ3v) is 5.66. The Morgan fingerprint density at radius 1 is 1.33 bits per heavy atom. The molecule has 0 radical (unpaired) electrons. The molecule has 1 aromatic heterocycles. The van der Waals surface area contributed by atoms with Crippen LogP contribution in [0, 0.1) is 0 Å². The Hall–Kier alpha value is -1.70. The van der Waals surface area contributed by atoms with Gasteiger partial charge in [0.2, 0.25) is 10.0 Å². The van der Waals surface area contributed by atoms with Gasteiger partial charge in [-0.2, -0.15) is 5.10 Å². The van der Waals surface area contributed by atoms with Crippen LogP contribution >= 0.6 is 0 Å². The van der Waals surface area contributed by atoms with E-state index in [0.717, 1.165) is 11.1 Å². The van der Waals surface area contributed by atoms with Crippen molar-refractivity contribution in [2.24, 2.45) is 7.05 Å². The largest absolute Gasteiger partial charge is 0.373 e. The van der Waals surface area contributed by atoms with Gasteiger partial charge in [-0.3, -0.25) is 4.68 Å². The predicted molar refractivity (Wildman–Crippen MR) is 92.0 cm³/mol. The van der Waals surface area contributed by atoms with Crippen molar-refractivity contribution in [3.63, 3.8) is 0 Å². The van der Waals surface area contributed by atoms with E-state index in [1.165, 1.54) is 0 Å². The van der Waals surface area contributed by atoms with Crippen LogP contribution in [0.25, 0.3) is 0 Å². The van der Waals surface area contributed by atoms with Gasteiger partial charge in [-0.1, -0.05) is 30.3 Å². The number of aryl methyl sites for hydroxylation is 2. The van der Waals surface area contributed by atoms with E-state index in [0.29, 0.717) is 25.9 Å². The average molecular weight is 349 g/mol. The van der Waals surface area contributed by atoms with Crippen molar-refractivity contribution >= 4 is 10.0 Å². The fourth-order valence-electron chi connectivity index (χ4n) is 2.95. The molecule has 0 spiro atoms. The highest BCUT2D eigenvalue weighted by atomic mass is 32.2. The molecule has 7 heteroatoms. The number of sulfonamides is 1. The lowest BCUT2D eigenvalue weighted by molar-refractivity contribution is 0.00401. The van der Waals surface area contributed by atoms with E-state index in [4.69, 9.17) is 4.74 Å². The standard InChI is InChI=1S/C17H23N3O3S/c1-20-13-15(12-18-20)17-11-16(7-9-23-17)19-24(21,22)10-8-14-5-3-2-4-6-14/h2-6,12-13,16-17,19H,7-11H2,1H3/t16-,17+/m1/s1. The first-order valence-electron chi connectivity index (χ1n) is 8.16. The summed E-state index contributed by atoms with van der Waals surface area (Å²) in [5, 5.41) is 4.15. The summed E-state index contributed by atoms with van der Waals surface area (Å²) in [5.41, 5.74) is 2.02. The van der Waals surface area contributed by atoms with Gasteiger partial charge in [0.1, 0.15) is 0 Å². The highest BCUT2D eigenvalue weighted by Crippen LogP contribution is 2.28. The summed E-state index contributed by atoms with van der Waals surface area (Å²) in [4.78, 5) is 0. The fraction of sp³-hybridized carbons (Fsp3) is 0.471. The van der Waals surface area contributed by atoms with Crippen molar-refractivity contribution in [1.82, 2.24) is 14.5 Å². The molecule has 2 atom stereocenters. The summed E-state index contributed by atoms with van der Waals surface area (Å²) in [6.07, 6.45) is 5.44. The lowest BCUT2D eigenvalue weighted by Gasteiger charge is -2.29. The van der Waals surface area contributed by atoms with Crippen LogP contribution in [0.1, 0.15) is 30.1 Å². The van der Waals surface area contributed by atoms with Crippen molar-refractivity contribution in [3.8, 4) is 0 Å². The zero-order chi connectivity index (χ0) is 17.0. The molecule has 0 amide bonds. The molecule has 6 nitrogen and oxygen atoms in total. The number of benzene rings is 1. The van der Waals surface area contributed by atoms with E-state index < -0.39 is 10.0 Å². The second-order valence-corrected chi connectivity index (χ2v) is 8.07. The minimum atomic E-state index is -3.31. The SMILES string of the molecule is Cn1cc([C@@H]2C[C@H](NS(=O)(=O)CCc3ccccc3)CCO2)cn1. The minimum Gasteiger partial charge on any atom is -0.373 e. The van der Waals surface area contributed by atoms with E-state index in [2.05, 4.69) is 9.82 Å². The van der Waals surface area contributed by atoms with Crippen molar-refractivity contribution in [1.29, 1.82) is 0 Å². The molecule has 0 aliphatic carbocycles. The van der Waals surface area contributed by atoms with E-state index in [1.54, 1.807) is 10.9 Å². The van der Waals surface area contributed by atoms with Gasteiger partial charge in [-0.15, -0.1) is 0 Å². The first-order valence-corrected chi connectivity index (χ1v) is 9.81. The number of rotatable bonds is 6. The van der Waals surface area contributed by atoms with Gasteiger partial charge in [0.25, 0.3) is 0 Å². The summed E-state index contributed by atoms with van der Waals surface area (Å²) in [6.45, 7) is 0.547. The van der Waals surface area contributed by atoms with Gasteiger partial charge < -0.3 is 4.74 Å². The lowest BCUT2D eigenvalue weighted by atomic mass is 10.0. The topological polar surface area (TPSA) is 73.2 Å². The number of aromatic nitrogens is 2. The molecule has 2 heterocycles. The average Bonchev–Trinajstić information content (AvgIpc) is 3.01. The molecule has 0 bridgehead atoms. The lowest BCUT2D eigenvalue weighted by Crippen LogP contribution is -2.41. The Morgan fingerprint density at radius 3 is 2.83 bits per heavy atom. The number of nitrogens with one attached hydrogen (secondary N) is 1. The molecule has 24 heavy (non-hydrogen) atoms. The van der Waals surface area contributed by atoms with E-state index in [9.17, 15) is 8.42 Å². The van der Waals surface area contributed by atoms with E-state index in [-0.39, 0.29) is 17.9 Å². The zero-order valence-electron chi connectivity index (χ0n) is 13.8. The van der Waals surface area contributed by atoms with Gasteiger partial charge in [-0.25, -0.2) is 13.1 Å². The number of ether oxygens (including phenoxy) is 1.